The van der Waals surface area contributed by atoms with Crippen LogP contribution in [0.5, 0.6) is 17.2 Å². The zero-order valence-electron chi connectivity index (χ0n) is 14.9. The van der Waals surface area contributed by atoms with E-state index >= 15 is 0 Å². The van der Waals surface area contributed by atoms with E-state index in [-0.39, 0.29) is 10.6 Å². The molecule has 27 heavy (non-hydrogen) atoms. The minimum absolute atomic E-state index is 0.135. The lowest BCUT2D eigenvalue weighted by Crippen LogP contribution is -2.35. The summed E-state index contributed by atoms with van der Waals surface area (Å²) in [5.41, 5.74) is 0.0774. The number of nitrogens with one attached hydrogen (secondary N) is 1. The highest BCUT2D eigenvalue weighted by Crippen LogP contribution is 2.38. The monoisotopic (exact) mass is 390 g/mol. The van der Waals surface area contributed by atoms with Gasteiger partial charge >= 0.3 is 0 Å². The SMILES string of the molecule is COc1cc(/C=C(\NC(=O)c2ccccc2Cl)C(=O)[O-])cc(OC)c1OC. The second-order valence-corrected chi connectivity index (χ2v) is 5.65. The first kappa shape index (κ1) is 20.1. The Bertz CT molecular complexity index is 869. The van der Waals surface area contributed by atoms with Gasteiger partial charge in [0.25, 0.3) is 5.91 Å². The van der Waals surface area contributed by atoms with Gasteiger partial charge in [0.1, 0.15) is 0 Å². The molecule has 0 aliphatic heterocycles. The van der Waals surface area contributed by atoms with E-state index < -0.39 is 17.6 Å². The molecule has 8 heteroatoms. The highest BCUT2D eigenvalue weighted by Gasteiger charge is 2.15. The number of rotatable bonds is 7. The molecule has 0 fully saturated rings. The molecule has 7 nitrogen and oxygen atoms in total. The van der Waals surface area contributed by atoms with Crippen molar-refractivity contribution in [3.63, 3.8) is 0 Å². The van der Waals surface area contributed by atoms with Crippen molar-refractivity contribution in [3.8, 4) is 17.2 Å². The third-order valence-electron chi connectivity index (χ3n) is 3.58. The second kappa shape index (κ2) is 8.95. The van der Waals surface area contributed by atoms with E-state index in [0.29, 0.717) is 22.8 Å². The number of ether oxygens (including phenoxy) is 3. The van der Waals surface area contributed by atoms with Crippen LogP contribution in [-0.4, -0.2) is 33.2 Å². The first-order chi connectivity index (χ1) is 12.9. The molecule has 0 unspecified atom stereocenters. The number of halogens is 1. The first-order valence-electron chi connectivity index (χ1n) is 7.70. The first-order valence-corrected chi connectivity index (χ1v) is 8.08. The number of aliphatic carboxylic acids is 1. The molecule has 0 aliphatic rings. The summed E-state index contributed by atoms with van der Waals surface area (Å²) in [7, 11) is 4.32. The molecule has 0 saturated heterocycles. The van der Waals surface area contributed by atoms with Gasteiger partial charge in [-0.15, -0.1) is 0 Å². The number of carbonyl (C=O) groups excluding carboxylic acids is 2. The van der Waals surface area contributed by atoms with Gasteiger partial charge in [0.15, 0.2) is 11.5 Å². The Morgan fingerprint density at radius 1 is 1.04 bits per heavy atom. The van der Waals surface area contributed by atoms with Gasteiger partial charge < -0.3 is 29.4 Å². The largest absolute Gasteiger partial charge is 0.543 e. The van der Waals surface area contributed by atoms with Crippen molar-refractivity contribution in [2.75, 3.05) is 21.3 Å². The summed E-state index contributed by atoms with van der Waals surface area (Å²) in [6.07, 6.45) is 1.22. The number of hydrogen-bond donors (Lipinski definition) is 1. The maximum Gasteiger partial charge on any atom is 0.257 e. The third kappa shape index (κ3) is 4.71. The Morgan fingerprint density at radius 3 is 2.11 bits per heavy atom. The molecule has 0 heterocycles. The van der Waals surface area contributed by atoms with Crippen LogP contribution in [0.15, 0.2) is 42.1 Å². The third-order valence-corrected chi connectivity index (χ3v) is 3.91. The number of benzene rings is 2. The van der Waals surface area contributed by atoms with Crippen molar-refractivity contribution >= 4 is 29.6 Å². The Morgan fingerprint density at radius 2 is 1.63 bits per heavy atom. The molecule has 0 radical (unpaired) electrons. The minimum atomic E-state index is -1.57. The molecule has 1 N–H and O–H groups in total. The molecule has 0 spiro atoms. The van der Waals surface area contributed by atoms with Crippen LogP contribution in [0.4, 0.5) is 0 Å². The molecule has 0 saturated carbocycles. The summed E-state index contributed by atoms with van der Waals surface area (Å²) in [6, 6.07) is 9.34. The van der Waals surface area contributed by atoms with E-state index in [0.717, 1.165) is 0 Å². The molecular weight excluding hydrogens is 374 g/mol. The van der Waals surface area contributed by atoms with Crippen LogP contribution < -0.4 is 24.6 Å². The smallest absolute Gasteiger partial charge is 0.257 e. The predicted molar refractivity (Wildman–Crippen MR) is 98.0 cm³/mol. The molecule has 1 amide bonds. The molecular formula is C19H17ClNO6-. The van der Waals surface area contributed by atoms with Crippen LogP contribution in [0.1, 0.15) is 15.9 Å². The quantitative estimate of drug-likeness (QED) is 0.725. The van der Waals surface area contributed by atoms with Gasteiger partial charge in [0, 0.05) is 0 Å². The summed E-state index contributed by atoms with van der Waals surface area (Å²) in [5.74, 6) is -1.23. The Balaban J connectivity index is 2.42. The number of carboxylic acids is 1. The summed E-state index contributed by atoms with van der Waals surface area (Å²) in [5, 5.41) is 14.0. The zero-order valence-corrected chi connectivity index (χ0v) is 15.6. The van der Waals surface area contributed by atoms with Gasteiger partial charge in [0.05, 0.1) is 43.6 Å². The van der Waals surface area contributed by atoms with Gasteiger partial charge in [-0.2, -0.15) is 0 Å². The number of carboxylic acid groups (broad SMARTS) is 1. The fourth-order valence-corrected chi connectivity index (χ4v) is 2.55. The molecule has 2 rings (SSSR count). The lowest BCUT2D eigenvalue weighted by molar-refractivity contribution is -0.299. The van der Waals surface area contributed by atoms with Crippen LogP contribution >= 0.6 is 11.6 Å². The Kier molecular flexibility index (Phi) is 6.67. The molecule has 0 aliphatic carbocycles. The highest BCUT2D eigenvalue weighted by molar-refractivity contribution is 6.34. The normalized spacial score (nSPS) is 10.9. The van der Waals surface area contributed by atoms with Gasteiger partial charge in [-0.3, -0.25) is 4.79 Å². The number of amides is 1. The van der Waals surface area contributed by atoms with E-state index in [1.54, 1.807) is 12.1 Å². The lowest BCUT2D eigenvalue weighted by Gasteiger charge is -2.15. The van der Waals surface area contributed by atoms with Crippen molar-refractivity contribution < 1.29 is 28.9 Å². The summed E-state index contributed by atoms with van der Waals surface area (Å²) in [4.78, 5) is 23.8. The molecule has 0 aromatic heterocycles. The fourth-order valence-electron chi connectivity index (χ4n) is 2.33. The predicted octanol–water partition coefficient (Wildman–Crippen LogP) is 1.89. The fraction of sp³-hybridized carbons (Fsp3) is 0.158. The van der Waals surface area contributed by atoms with Crippen LogP contribution in [0.3, 0.4) is 0 Å². The molecule has 2 aromatic rings. The standard InChI is InChI=1S/C19H18ClNO6/c1-25-15-9-11(10-16(26-2)17(15)27-3)8-14(19(23)24)21-18(22)12-6-4-5-7-13(12)20/h4-10H,1-3H3,(H,21,22)(H,23,24)/p-1/b14-8-. The lowest BCUT2D eigenvalue weighted by atomic mass is 10.1. The van der Waals surface area contributed by atoms with E-state index in [9.17, 15) is 14.7 Å². The number of hydrogen-bond acceptors (Lipinski definition) is 6. The summed E-state index contributed by atoms with van der Waals surface area (Å²) >= 11 is 5.96. The Hall–Kier alpha value is -3.19. The second-order valence-electron chi connectivity index (χ2n) is 5.24. The molecule has 142 valence electrons. The van der Waals surface area contributed by atoms with Gasteiger partial charge in [-0.25, -0.2) is 0 Å². The van der Waals surface area contributed by atoms with E-state index in [2.05, 4.69) is 5.32 Å². The number of carbonyl (C=O) groups is 2. The van der Waals surface area contributed by atoms with Crippen molar-refractivity contribution in [2.45, 2.75) is 0 Å². The average Bonchev–Trinajstić information content (AvgIpc) is 2.66. The Labute approximate surface area is 161 Å². The maximum atomic E-state index is 12.3. The topological polar surface area (TPSA) is 96.9 Å². The van der Waals surface area contributed by atoms with Crippen molar-refractivity contribution in [1.29, 1.82) is 0 Å². The van der Waals surface area contributed by atoms with Crippen LogP contribution in [0.2, 0.25) is 5.02 Å². The van der Waals surface area contributed by atoms with Crippen molar-refractivity contribution in [2.24, 2.45) is 0 Å². The van der Waals surface area contributed by atoms with E-state index in [1.165, 1.54) is 51.7 Å². The van der Waals surface area contributed by atoms with Crippen molar-refractivity contribution in [1.82, 2.24) is 5.32 Å². The van der Waals surface area contributed by atoms with Gasteiger partial charge in [-0.05, 0) is 35.9 Å². The van der Waals surface area contributed by atoms with Gasteiger partial charge in [0.2, 0.25) is 5.75 Å². The molecule has 2 aromatic carbocycles. The van der Waals surface area contributed by atoms with Gasteiger partial charge in [-0.1, -0.05) is 23.7 Å². The molecule has 0 atom stereocenters. The minimum Gasteiger partial charge on any atom is -0.543 e. The highest BCUT2D eigenvalue weighted by atomic mass is 35.5. The number of methoxy groups -OCH3 is 3. The average molecular weight is 391 g/mol. The van der Waals surface area contributed by atoms with E-state index in [1.807, 2.05) is 0 Å². The van der Waals surface area contributed by atoms with Crippen molar-refractivity contribution in [3.05, 3.63) is 58.2 Å². The zero-order chi connectivity index (χ0) is 20.0. The maximum absolute atomic E-state index is 12.3. The molecule has 0 bridgehead atoms. The van der Waals surface area contributed by atoms with Crippen LogP contribution in [-0.2, 0) is 4.79 Å². The van der Waals surface area contributed by atoms with E-state index in [4.69, 9.17) is 25.8 Å². The summed E-state index contributed by atoms with van der Waals surface area (Å²) in [6.45, 7) is 0. The van der Waals surface area contributed by atoms with Crippen LogP contribution in [0.25, 0.3) is 6.08 Å². The summed E-state index contributed by atoms with van der Waals surface area (Å²) < 4.78 is 15.7. The van der Waals surface area contributed by atoms with Crippen LogP contribution in [0, 0.1) is 0 Å².